The standard InChI is InChI=1S/C22H27N3O2S/c26-20(14-19-9-5-13-28-19)25(18-10-11-18)21(16-6-4-12-23-15-16)22(27)24-17-7-2-1-3-8-17/h4-6,9,12-13,15,17-18,21H,1-3,7-8,10-11,14H2,(H,24,27). The van der Waals surface area contributed by atoms with Gasteiger partial charge in [0, 0.05) is 34.9 Å². The molecule has 0 aromatic carbocycles. The van der Waals surface area contributed by atoms with E-state index in [-0.39, 0.29) is 23.9 Å². The number of carbonyl (C=O) groups excluding carboxylic acids is 2. The Labute approximate surface area is 170 Å². The van der Waals surface area contributed by atoms with Crippen LogP contribution in [0.1, 0.15) is 61.4 Å². The summed E-state index contributed by atoms with van der Waals surface area (Å²) in [5, 5.41) is 5.22. The summed E-state index contributed by atoms with van der Waals surface area (Å²) >= 11 is 1.58. The van der Waals surface area contributed by atoms with E-state index in [2.05, 4.69) is 10.3 Å². The van der Waals surface area contributed by atoms with Gasteiger partial charge in [0.25, 0.3) is 0 Å². The highest BCUT2D eigenvalue weighted by molar-refractivity contribution is 7.10. The number of thiophene rings is 1. The van der Waals surface area contributed by atoms with E-state index in [4.69, 9.17) is 0 Å². The first-order chi connectivity index (χ1) is 13.7. The van der Waals surface area contributed by atoms with Gasteiger partial charge >= 0.3 is 0 Å². The van der Waals surface area contributed by atoms with Crippen molar-refractivity contribution in [2.45, 2.75) is 69.5 Å². The van der Waals surface area contributed by atoms with Gasteiger partial charge in [-0.25, -0.2) is 0 Å². The van der Waals surface area contributed by atoms with Gasteiger partial charge in [-0.15, -0.1) is 11.3 Å². The summed E-state index contributed by atoms with van der Waals surface area (Å²) in [6.45, 7) is 0. The average Bonchev–Trinajstić information content (AvgIpc) is 3.42. The van der Waals surface area contributed by atoms with Gasteiger partial charge in [-0.05, 0) is 43.2 Å². The van der Waals surface area contributed by atoms with Crippen molar-refractivity contribution in [3.8, 4) is 0 Å². The molecule has 1 N–H and O–H groups in total. The second-order valence-electron chi connectivity index (χ2n) is 7.82. The van der Waals surface area contributed by atoms with Crippen LogP contribution in [0.3, 0.4) is 0 Å². The lowest BCUT2D eigenvalue weighted by Crippen LogP contribution is -2.48. The molecule has 1 unspecified atom stereocenters. The molecule has 0 spiro atoms. The van der Waals surface area contributed by atoms with E-state index in [1.54, 1.807) is 23.7 Å². The molecule has 2 saturated carbocycles. The summed E-state index contributed by atoms with van der Waals surface area (Å²) in [5.41, 5.74) is 0.794. The summed E-state index contributed by atoms with van der Waals surface area (Å²) in [5.74, 6) is -0.0380. The molecule has 2 aliphatic rings. The van der Waals surface area contributed by atoms with E-state index in [9.17, 15) is 9.59 Å². The largest absolute Gasteiger partial charge is 0.351 e. The molecular formula is C22H27N3O2S. The molecule has 28 heavy (non-hydrogen) atoms. The zero-order valence-corrected chi connectivity index (χ0v) is 16.9. The predicted molar refractivity (Wildman–Crippen MR) is 110 cm³/mol. The molecular weight excluding hydrogens is 370 g/mol. The van der Waals surface area contributed by atoms with Crippen molar-refractivity contribution in [2.75, 3.05) is 0 Å². The quantitative estimate of drug-likeness (QED) is 0.771. The highest BCUT2D eigenvalue weighted by Crippen LogP contribution is 2.35. The minimum Gasteiger partial charge on any atom is -0.351 e. The van der Waals surface area contributed by atoms with Crippen LogP contribution < -0.4 is 5.32 Å². The summed E-state index contributed by atoms with van der Waals surface area (Å²) in [6, 6.07) is 7.45. The molecule has 148 valence electrons. The second-order valence-corrected chi connectivity index (χ2v) is 8.85. The molecule has 2 fully saturated rings. The lowest BCUT2D eigenvalue weighted by molar-refractivity contribution is -0.141. The van der Waals surface area contributed by atoms with Gasteiger partial charge < -0.3 is 10.2 Å². The second kappa shape index (κ2) is 8.86. The van der Waals surface area contributed by atoms with Gasteiger partial charge in [-0.2, -0.15) is 0 Å². The van der Waals surface area contributed by atoms with Crippen molar-refractivity contribution in [2.24, 2.45) is 0 Å². The number of hydrogen-bond acceptors (Lipinski definition) is 4. The number of amides is 2. The molecule has 2 amide bonds. The molecule has 1 atom stereocenters. The number of nitrogens with zero attached hydrogens (tertiary/aromatic N) is 2. The number of aromatic nitrogens is 1. The first-order valence-electron chi connectivity index (χ1n) is 10.3. The van der Waals surface area contributed by atoms with E-state index in [0.29, 0.717) is 6.42 Å². The Morgan fingerprint density at radius 2 is 1.96 bits per heavy atom. The van der Waals surface area contributed by atoms with E-state index in [0.717, 1.165) is 49.0 Å². The van der Waals surface area contributed by atoms with Crippen molar-refractivity contribution in [3.63, 3.8) is 0 Å². The fraction of sp³-hybridized carbons (Fsp3) is 0.500. The maximum absolute atomic E-state index is 13.4. The lowest BCUT2D eigenvalue weighted by atomic mass is 9.94. The van der Waals surface area contributed by atoms with Gasteiger partial charge in [-0.3, -0.25) is 14.6 Å². The Hall–Kier alpha value is -2.21. The molecule has 0 bridgehead atoms. The number of hydrogen-bond donors (Lipinski definition) is 1. The number of pyridine rings is 1. The lowest BCUT2D eigenvalue weighted by Gasteiger charge is -2.33. The number of nitrogens with one attached hydrogen (secondary N) is 1. The summed E-state index contributed by atoms with van der Waals surface area (Å²) in [6.07, 6.45) is 11.3. The van der Waals surface area contributed by atoms with Crippen molar-refractivity contribution in [1.29, 1.82) is 0 Å². The third kappa shape index (κ3) is 4.61. The highest BCUT2D eigenvalue weighted by atomic mass is 32.1. The molecule has 4 rings (SSSR count). The monoisotopic (exact) mass is 397 g/mol. The van der Waals surface area contributed by atoms with Crippen LogP contribution in [0.25, 0.3) is 0 Å². The zero-order valence-electron chi connectivity index (χ0n) is 16.0. The number of rotatable bonds is 7. The van der Waals surface area contributed by atoms with Crippen LogP contribution in [0.15, 0.2) is 42.0 Å². The first kappa shape index (κ1) is 19.1. The van der Waals surface area contributed by atoms with Crippen molar-refractivity contribution < 1.29 is 9.59 Å². The van der Waals surface area contributed by atoms with E-state index in [1.165, 1.54) is 6.42 Å². The predicted octanol–water partition coefficient (Wildman–Crippen LogP) is 3.87. The van der Waals surface area contributed by atoms with Gasteiger partial charge in [0.1, 0.15) is 6.04 Å². The minimum absolute atomic E-state index is 0.0256. The van der Waals surface area contributed by atoms with Crippen LogP contribution in [-0.4, -0.2) is 33.8 Å². The van der Waals surface area contributed by atoms with Crippen molar-refractivity contribution in [3.05, 3.63) is 52.5 Å². The SMILES string of the molecule is O=C(NC1CCCCC1)C(c1cccnc1)N(C(=O)Cc1cccs1)C1CC1. The Balaban J connectivity index is 1.58. The van der Waals surface area contributed by atoms with Gasteiger partial charge in [0.2, 0.25) is 11.8 Å². The van der Waals surface area contributed by atoms with Crippen LogP contribution in [-0.2, 0) is 16.0 Å². The molecule has 5 nitrogen and oxygen atoms in total. The Bertz CT molecular complexity index is 783. The number of carbonyl (C=O) groups is 2. The Kier molecular flexibility index (Phi) is 6.05. The molecule has 0 aliphatic heterocycles. The van der Waals surface area contributed by atoms with Gasteiger partial charge in [-0.1, -0.05) is 31.4 Å². The van der Waals surface area contributed by atoms with Crippen molar-refractivity contribution in [1.82, 2.24) is 15.2 Å². The third-order valence-corrected chi connectivity index (χ3v) is 6.49. The molecule has 0 radical (unpaired) electrons. The summed E-state index contributed by atoms with van der Waals surface area (Å²) in [7, 11) is 0. The van der Waals surface area contributed by atoms with Crippen LogP contribution in [0.5, 0.6) is 0 Å². The molecule has 6 heteroatoms. The van der Waals surface area contributed by atoms with Crippen LogP contribution in [0.2, 0.25) is 0 Å². The molecule has 2 aromatic rings. The van der Waals surface area contributed by atoms with Crippen molar-refractivity contribution >= 4 is 23.2 Å². The smallest absolute Gasteiger partial charge is 0.247 e. The summed E-state index contributed by atoms with van der Waals surface area (Å²) in [4.78, 5) is 33.7. The minimum atomic E-state index is -0.601. The molecule has 2 aromatic heterocycles. The maximum atomic E-state index is 13.4. The average molecular weight is 398 g/mol. The molecule has 0 saturated heterocycles. The maximum Gasteiger partial charge on any atom is 0.247 e. The summed E-state index contributed by atoms with van der Waals surface area (Å²) < 4.78 is 0. The Morgan fingerprint density at radius 3 is 2.61 bits per heavy atom. The fourth-order valence-corrected chi connectivity index (χ4v) is 4.76. The topological polar surface area (TPSA) is 62.3 Å². The van der Waals surface area contributed by atoms with Crippen LogP contribution in [0, 0.1) is 0 Å². The van der Waals surface area contributed by atoms with Gasteiger partial charge in [0.15, 0.2) is 0 Å². The van der Waals surface area contributed by atoms with E-state index in [1.807, 2.05) is 34.5 Å². The third-order valence-electron chi connectivity index (χ3n) is 5.61. The van der Waals surface area contributed by atoms with E-state index >= 15 is 0 Å². The highest BCUT2D eigenvalue weighted by Gasteiger charge is 2.41. The Morgan fingerprint density at radius 1 is 1.14 bits per heavy atom. The van der Waals surface area contributed by atoms with Crippen LogP contribution in [0.4, 0.5) is 0 Å². The van der Waals surface area contributed by atoms with E-state index < -0.39 is 6.04 Å². The van der Waals surface area contributed by atoms with Crippen LogP contribution >= 0.6 is 11.3 Å². The van der Waals surface area contributed by atoms with Gasteiger partial charge in [0.05, 0.1) is 6.42 Å². The molecule has 2 heterocycles. The first-order valence-corrected chi connectivity index (χ1v) is 11.1. The molecule has 2 aliphatic carbocycles. The zero-order chi connectivity index (χ0) is 19.3. The fourth-order valence-electron chi connectivity index (χ4n) is 4.07. The normalized spacial score (nSPS) is 18.4.